The predicted octanol–water partition coefficient (Wildman–Crippen LogP) is 4.60. The maximum atomic E-state index is 11.1. The van der Waals surface area contributed by atoms with E-state index >= 15 is 0 Å². The number of nitro benzene ring substituents is 2. The van der Waals surface area contributed by atoms with Gasteiger partial charge in [-0.05, 0) is 24.3 Å². The van der Waals surface area contributed by atoms with Gasteiger partial charge < -0.3 is 4.57 Å². The van der Waals surface area contributed by atoms with Gasteiger partial charge in [0, 0.05) is 40.7 Å². The fourth-order valence-electron chi connectivity index (χ4n) is 3.08. The molecule has 0 atom stereocenters. The number of non-ortho nitro benzene ring substituents is 2. The molecule has 4 aromatic rings. The molecule has 1 aromatic heterocycles. The fourth-order valence-corrected chi connectivity index (χ4v) is 3.08. The summed E-state index contributed by atoms with van der Waals surface area (Å²) in [5.41, 5.74) is 2.29. The van der Waals surface area contributed by atoms with Gasteiger partial charge in [0.1, 0.15) is 0 Å². The van der Waals surface area contributed by atoms with E-state index in [0.717, 1.165) is 16.7 Å². The molecule has 0 aliphatic rings. The average molecular weight is 333 g/mol. The number of aromatic nitrogens is 1. The minimum atomic E-state index is -0.470. The van der Waals surface area contributed by atoms with Gasteiger partial charge in [0.15, 0.2) is 0 Å². The van der Waals surface area contributed by atoms with Crippen LogP contribution >= 0.6 is 0 Å². The first-order valence-corrected chi connectivity index (χ1v) is 7.49. The minimum absolute atomic E-state index is 0.0499. The monoisotopic (exact) mass is 333 g/mol. The van der Waals surface area contributed by atoms with Crippen molar-refractivity contribution in [1.29, 1.82) is 0 Å². The van der Waals surface area contributed by atoms with E-state index in [1.54, 1.807) is 12.1 Å². The maximum absolute atomic E-state index is 11.1. The fraction of sp³-hybridized carbons (Fsp3) is 0. The summed E-state index contributed by atoms with van der Waals surface area (Å²) < 4.78 is 1.94. The van der Waals surface area contributed by atoms with Gasteiger partial charge in [-0.3, -0.25) is 20.2 Å². The number of fused-ring (bicyclic) bond motifs is 3. The third-order valence-corrected chi connectivity index (χ3v) is 4.17. The molecule has 0 aliphatic heterocycles. The Labute approximate surface area is 141 Å². The first-order chi connectivity index (χ1) is 12.1. The zero-order valence-electron chi connectivity index (χ0n) is 12.8. The third-order valence-electron chi connectivity index (χ3n) is 4.17. The molecule has 0 N–H and O–H groups in total. The second kappa shape index (κ2) is 5.41. The van der Waals surface area contributed by atoms with E-state index < -0.39 is 9.85 Å². The highest BCUT2D eigenvalue weighted by molar-refractivity contribution is 6.10. The summed E-state index contributed by atoms with van der Waals surface area (Å²) in [5, 5.41) is 23.5. The summed E-state index contributed by atoms with van der Waals surface area (Å²) in [4.78, 5) is 21.3. The van der Waals surface area contributed by atoms with Crippen molar-refractivity contribution >= 4 is 33.2 Å². The smallest absolute Gasteiger partial charge is 0.270 e. The van der Waals surface area contributed by atoms with Crippen molar-refractivity contribution in [3.63, 3.8) is 0 Å². The zero-order valence-corrected chi connectivity index (χ0v) is 12.8. The summed E-state index contributed by atoms with van der Waals surface area (Å²) in [6.07, 6.45) is 0. The Balaban J connectivity index is 2.16. The Morgan fingerprint density at radius 3 is 1.60 bits per heavy atom. The molecule has 3 aromatic carbocycles. The SMILES string of the molecule is O=[N+]([O-])c1ccc2c(c1)c1cc([N+](=O)[O-])ccc1n2-c1ccccc1. The molecule has 0 fully saturated rings. The lowest BCUT2D eigenvalue weighted by Crippen LogP contribution is -1.94. The zero-order chi connectivity index (χ0) is 17.6. The van der Waals surface area contributed by atoms with Crippen LogP contribution in [-0.2, 0) is 0 Å². The van der Waals surface area contributed by atoms with Crippen LogP contribution in [0.1, 0.15) is 0 Å². The number of para-hydroxylation sites is 1. The van der Waals surface area contributed by atoms with E-state index in [1.165, 1.54) is 24.3 Å². The molecule has 7 heteroatoms. The van der Waals surface area contributed by atoms with Gasteiger partial charge in [0.2, 0.25) is 0 Å². The molecule has 1 heterocycles. The largest absolute Gasteiger partial charge is 0.309 e. The molecule has 0 aliphatic carbocycles. The number of hydrogen-bond acceptors (Lipinski definition) is 4. The van der Waals surface area contributed by atoms with Crippen molar-refractivity contribution in [1.82, 2.24) is 4.57 Å². The lowest BCUT2D eigenvalue weighted by atomic mass is 10.1. The molecule has 122 valence electrons. The highest BCUT2D eigenvalue weighted by Crippen LogP contribution is 2.35. The molecular formula is C18H11N3O4. The average Bonchev–Trinajstić information content (AvgIpc) is 2.95. The van der Waals surface area contributed by atoms with Gasteiger partial charge in [-0.2, -0.15) is 0 Å². The molecule has 0 radical (unpaired) electrons. The van der Waals surface area contributed by atoms with Crippen LogP contribution in [0.5, 0.6) is 0 Å². The molecule has 7 nitrogen and oxygen atoms in total. The summed E-state index contributed by atoms with van der Waals surface area (Å²) in [6.45, 7) is 0. The van der Waals surface area contributed by atoms with E-state index in [2.05, 4.69) is 0 Å². The van der Waals surface area contributed by atoms with Crippen LogP contribution in [0.2, 0.25) is 0 Å². The Kier molecular flexibility index (Phi) is 3.21. The number of hydrogen-bond donors (Lipinski definition) is 0. The van der Waals surface area contributed by atoms with Crippen LogP contribution in [0.25, 0.3) is 27.5 Å². The van der Waals surface area contributed by atoms with Crippen LogP contribution in [0.15, 0.2) is 66.7 Å². The van der Waals surface area contributed by atoms with E-state index in [1.807, 2.05) is 34.9 Å². The first kappa shape index (κ1) is 14.8. The van der Waals surface area contributed by atoms with Crippen molar-refractivity contribution in [3.05, 3.63) is 87.0 Å². The Hall–Kier alpha value is -3.74. The second-order valence-corrected chi connectivity index (χ2v) is 5.59. The van der Waals surface area contributed by atoms with Gasteiger partial charge in [-0.25, -0.2) is 0 Å². The van der Waals surface area contributed by atoms with Gasteiger partial charge in [0.05, 0.1) is 20.9 Å². The van der Waals surface area contributed by atoms with Gasteiger partial charge >= 0.3 is 0 Å². The highest BCUT2D eigenvalue weighted by atomic mass is 16.6. The molecule has 0 bridgehead atoms. The Morgan fingerprint density at radius 2 is 1.16 bits per heavy atom. The molecule has 0 unspecified atom stereocenters. The summed E-state index contributed by atoms with van der Waals surface area (Å²) in [7, 11) is 0. The Bertz CT molecular complexity index is 1080. The van der Waals surface area contributed by atoms with Crippen molar-refractivity contribution < 1.29 is 9.85 Å². The quantitative estimate of drug-likeness (QED) is 0.404. The van der Waals surface area contributed by atoms with Crippen LogP contribution in [0, 0.1) is 20.2 Å². The minimum Gasteiger partial charge on any atom is -0.309 e. The van der Waals surface area contributed by atoms with Crippen molar-refractivity contribution in [2.75, 3.05) is 0 Å². The highest BCUT2D eigenvalue weighted by Gasteiger charge is 2.18. The number of benzene rings is 3. The maximum Gasteiger partial charge on any atom is 0.270 e. The third kappa shape index (κ3) is 2.29. The van der Waals surface area contributed by atoms with E-state index in [-0.39, 0.29) is 11.4 Å². The van der Waals surface area contributed by atoms with E-state index in [4.69, 9.17) is 0 Å². The molecule has 0 spiro atoms. The summed E-state index contributed by atoms with van der Waals surface area (Å²) in [6, 6.07) is 18.7. The van der Waals surface area contributed by atoms with Crippen molar-refractivity contribution in [2.45, 2.75) is 0 Å². The molecule has 0 saturated carbocycles. The number of nitro groups is 2. The summed E-state index contributed by atoms with van der Waals surface area (Å²) in [5.74, 6) is 0. The molecule has 0 saturated heterocycles. The Morgan fingerprint density at radius 1 is 0.680 bits per heavy atom. The molecule has 0 amide bonds. The van der Waals surface area contributed by atoms with E-state index in [9.17, 15) is 20.2 Å². The normalized spacial score (nSPS) is 11.0. The van der Waals surface area contributed by atoms with Gasteiger partial charge in [-0.15, -0.1) is 0 Å². The number of nitrogens with zero attached hydrogens (tertiary/aromatic N) is 3. The van der Waals surface area contributed by atoms with Crippen LogP contribution in [0.4, 0.5) is 11.4 Å². The topological polar surface area (TPSA) is 91.2 Å². The molecule has 4 rings (SSSR count). The lowest BCUT2D eigenvalue weighted by Gasteiger charge is -2.07. The summed E-state index contributed by atoms with van der Waals surface area (Å²) >= 11 is 0. The van der Waals surface area contributed by atoms with E-state index in [0.29, 0.717) is 10.8 Å². The predicted molar refractivity (Wildman–Crippen MR) is 94.1 cm³/mol. The number of rotatable bonds is 3. The van der Waals surface area contributed by atoms with Gasteiger partial charge in [0.25, 0.3) is 11.4 Å². The van der Waals surface area contributed by atoms with Crippen LogP contribution in [-0.4, -0.2) is 14.4 Å². The second-order valence-electron chi connectivity index (χ2n) is 5.59. The first-order valence-electron chi connectivity index (χ1n) is 7.49. The van der Waals surface area contributed by atoms with Gasteiger partial charge in [-0.1, -0.05) is 18.2 Å². The van der Waals surface area contributed by atoms with Crippen molar-refractivity contribution in [2.24, 2.45) is 0 Å². The van der Waals surface area contributed by atoms with Crippen molar-refractivity contribution in [3.8, 4) is 5.69 Å². The van der Waals surface area contributed by atoms with Crippen LogP contribution < -0.4 is 0 Å². The standard InChI is InChI=1S/C18H11N3O4/c22-20(23)13-6-8-17-15(10-13)16-11-14(21(24)25)7-9-18(16)19(17)12-4-2-1-3-5-12/h1-11H. The molecule has 25 heavy (non-hydrogen) atoms. The molecular weight excluding hydrogens is 322 g/mol. The van der Waals surface area contributed by atoms with Crippen LogP contribution in [0.3, 0.4) is 0 Å². The lowest BCUT2D eigenvalue weighted by molar-refractivity contribution is -0.385.